The maximum absolute atomic E-state index is 9.05. The van der Waals surface area contributed by atoms with E-state index < -0.39 is 0 Å². The molecule has 0 aromatic carbocycles. The number of rotatable bonds is 13. The first-order valence-electron chi connectivity index (χ1n) is 9.32. The van der Waals surface area contributed by atoms with Crippen LogP contribution in [0.3, 0.4) is 0 Å². The molecule has 1 aliphatic rings. The van der Waals surface area contributed by atoms with E-state index in [2.05, 4.69) is 20.4 Å². The van der Waals surface area contributed by atoms with Gasteiger partial charge in [-0.05, 0) is 32.6 Å². The van der Waals surface area contributed by atoms with E-state index >= 15 is 0 Å². The van der Waals surface area contributed by atoms with Crippen LogP contribution in [0.4, 0.5) is 0 Å². The van der Waals surface area contributed by atoms with E-state index in [0.29, 0.717) is 58.7 Å². The molecule has 0 bridgehead atoms. The zero-order valence-corrected chi connectivity index (χ0v) is 16.8. The summed E-state index contributed by atoms with van der Waals surface area (Å²) in [7, 11) is 1.65. The Balaban J connectivity index is 0.000000485. The Morgan fingerprint density at radius 3 is 2.08 bits per heavy atom. The van der Waals surface area contributed by atoms with Crippen molar-refractivity contribution in [2.75, 3.05) is 66.5 Å². The minimum atomic E-state index is -0.107. The summed E-state index contributed by atoms with van der Waals surface area (Å²) in [5, 5.41) is 9.05. The molecule has 156 valence electrons. The predicted octanol–water partition coefficient (Wildman–Crippen LogP) is 1.38. The molecule has 0 spiro atoms. The number of hydrogen-bond acceptors (Lipinski definition) is 7. The van der Waals surface area contributed by atoms with Gasteiger partial charge in [-0.25, -0.2) is 0 Å². The first kappa shape index (κ1) is 25.5. The Kier molecular flexibility index (Phi) is 16.3. The van der Waals surface area contributed by atoms with Gasteiger partial charge in [0, 0.05) is 20.3 Å². The molecule has 1 heterocycles. The zero-order chi connectivity index (χ0) is 19.7. The van der Waals surface area contributed by atoms with Crippen LogP contribution >= 0.6 is 0 Å². The topological polar surface area (TPSA) is 92.4 Å². The number of aliphatic hydroxyl groups excluding tert-OH is 1. The van der Waals surface area contributed by atoms with Gasteiger partial charge >= 0.3 is 0 Å². The van der Waals surface area contributed by atoms with Gasteiger partial charge in [-0.3, -0.25) is 0 Å². The third-order valence-electron chi connectivity index (χ3n) is 3.78. The van der Waals surface area contributed by atoms with E-state index in [1.807, 2.05) is 6.08 Å². The normalized spacial score (nSPS) is 21.7. The fraction of sp³-hybridized carbons (Fsp3) is 0.895. The van der Waals surface area contributed by atoms with Crippen LogP contribution < -0.4 is 5.73 Å². The second-order valence-electron chi connectivity index (χ2n) is 6.76. The lowest BCUT2D eigenvalue weighted by atomic mass is 9.86. The van der Waals surface area contributed by atoms with Crippen molar-refractivity contribution in [1.82, 2.24) is 0 Å². The monoisotopic (exact) mass is 377 g/mol. The van der Waals surface area contributed by atoms with Gasteiger partial charge in [0.1, 0.15) is 0 Å². The molecule has 0 amide bonds. The first-order valence-corrected chi connectivity index (χ1v) is 9.32. The molecular formula is C19H39NO6. The van der Waals surface area contributed by atoms with Gasteiger partial charge in [0.15, 0.2) is 0 Å². The molecule has 3 N–H and O–H groups in total. The summed E-state index contributed by atoms with van der Waals surface area (Å²) in [4.78, 5) is 0. The van der Waals surface area contributed by atoms with Gasteiger partial charge in [-0.2, -0.15) is 0 Å². The molecule has 7 nitrogen and oxygen atoms in total. The van der Waals surface area contributed by atoms with Crippen molar-refractivity contribution in [2.24, 2.45) is 11.7 Å². The highest BCUT2D eigenvalue weighted by atomic mass is 16.6. The zero-order valence-electron chi connectivity index (χ0n) is 16.8. The summed E-state index contributed by atoms with van der Waals surface area (Å²) in [6, 6.07) is 0. The Morgan fingerprint density at radius 1 is 1.08 bits per heavy atom. The lowest BCUT2D eigenvalue weighted by molar-refractivity contribution is -0.112. The Labute approximate surface area is 158 Å². The van der Waals surface area contributed by atoms with Crippen LogP contribution in [0, 0.1) is 5.92 Å². The lowest BCUT2D eigenvalue weighted by Crippen LogP contribution is -2.39. The summed E-state index contributed by atoms with van der Waals surface area (Å²) in [5.41, 5.74) is 5.13. The highest BCUT2D eigenvalue weighted by Crippen LogP contribution is 2.32. The second kappa shape index (κ2) is 16.6. The van der Waals surface area contributed by atoms with Crippen molar-refractivity contribution < 1.29 is 28.8 Å². The largest absolute Gasteiger partial charge is 0.396 e. The van der Waals surface area contributed by atoms with E-state index in [-0.39, 0.29) is 18.3 Å². The van der Waals surface area contributed by atoms with Crippen LogP contribution in [0.2, 0.25) is 0 Å². The van der Waals surface area contributed by atoms with Gasteiger partial charge < -0.3 is 34.5 Å². The smallest absolute Gasteiger partial charge is 0.0764 e. The summed E-state index contributed by atoms with van der Waals surface area (Å²) in [5.74, 6) is 0.372. The number of nitrogens with two attached hydrogens (primary N) is 1. The summed E-state index contributed by atoms with van der Waals surface area (Å²) in [6.45, 7) is 12.9. The van der Waals surface area contributed by atoms with Gasteiger partial charge in [0.05, 0.1) is 58.0 Å². The highest BCUT2D eigenvalue weighted by molar-refractivity contribution is 4.91. The number of ether oxygens (including phenoxy) is 5. The molecule has 26 heavy (non-hydrogen) atoms. The van der Waals surface area contributed by atoms with E-state index in [9.17, 15) is 0 Å². The highest BCUT2D eigenvalue weighted by Gasteiger charge is 2.32. The van der Waals surface area contributed by atoms with Crippen LogP contribution in [0.1, 0.15) is 26.7 Å². The van der Waals surface area contributed by atoms with Crippen molar-refractivity contribution in [3.05, 3.63) is 12.7 Å². The second-order valence-corrected chi connectivity index (χ2v) is 6.76. The van der Waals surface area contributed by atoms with Crippen molar-refractivity contribution in [3.63, 3.8) is 0 Å². The van der Waals surface area contributed by atoms with E-state index in [1.54, 1.807) is 7.11 Å². The third-order valence-corrected chi connectivity index (χ3v) is 3.78. The molecule has 0 aromatic heterocycles. The summed E-state index contributed by atoms with van der Waals surface area (Å²) < 4.78 is 26.1. The van der Waals surface area contributed by atoms with Gasteiger partial charge in [-0.15, -0.1) is 6.58 Å². The average molecular weight is 378 g/mol. The third kappa shape index (κ3) is 14.6. The maximum Gasteiger partial charge on any atom is 0.0764 e. The Morgan fingerprint density at radius 2 is 1.62 bits per heavy atom. The molecule has 2 unspecified atom stereocenters. The molecule has 1 aliphatic heterocycles. The number of hydrogen-bond donors (Lipinski definition) is 2. The molecule has 0 aromatic rings. The van der Waals surface area contributed by atoms with Crippen LogP contribution in [-0.2, 0) is 23.7 Å². The first-order chi connectivity index (χ1) is 12.5. The Bertz CT molecular complexity index is 315. The maximum atomic E-state index is 9.05. The van der Waals surface area contributed by atoms with Crippen LogP contribution in [0.5, 0.6) is 0 Å². The molecule has 0 radical (unpaired) electrons. The van der Waals surface area contributed by atoms with E-state index in [4.69, 9.17) is 34.5 Å². The minimum Gasteiger partial charge on any atom is -0.396 e. The Hall–Kier alpha value is -0.540. The van der Waals surface area contributed by atoms with Crippen LogP contribution in [0.25, 0.3) is 0 Å². The molecular weight excluding hydrogens is 338 g/mol. The molecule has 0 saturated carbocycles. The standard InChI is InChI=1S/C10H18O2.C9H21NO4/c1-4-9-5-8(7-11)6-10(2,3)12-9;1-11-4-5-13-8-9-14-7-6-12-3-2-10/h4,8-9,11H,1,5-7H2,2-3H3;2-10H2,1H3. The molecule has 0 aliphatic carbocycles. The van der Waals surface area contributed by atoms with E-state index in [1.165, 1.54) is 0 Å². The summed E-state index contributed by atoms with van der Waals surface area (Å²) in [6.07, 6.45) is 3.78. The average Bonchev–Trinajstić information content (AvgIpc) is 2.62. The fourth-order valence-corrected chi connectivity index (χ4v) is 2.66. The lowest BCUT2D eigenvalue weighted by Gasteiger charge is -2.38. The van der Waals surface area contributed by atoms with Crippen molar-refractivity contribution in [3.8, 4) is 0 Å². The van der Waals surface area contributed by atoms with Crippen LogP contribution in [-0.4, -0.2) is 83.3 Å². The van der Waals surface area contributed by atoms with Crippen molar-refractivity contribution >= 4 is 0 Å². The van der Waals surface area contributed by atoms with Crippen molar-refractivity contribution in [1.29, 1.82) is 0 Å². The van der Waals surface area contributed by atoms with Gasteiger partial charge in [0.2, 0.25) is 0 Å². The van der Waals surface area contributed by atoms with Crippen molar-refractivity contribution in [2.45, 2.75) is 38.4 Å². The number of aliphatic hydroxyl groups is 1. The molecule has 1 saturated heterocycles. The van der Waals surface area contributed by atoms with Gasteiger partial charge in [0.25, 0.3) is 0 Å². The quantitative estimate of drug-likeness (QED) is 0.370. The van der Waals surface area contributed by atoms with Crippen LogP contribution in [0.15, 0.2) is 12.7 Å². The summed E-state index contributed by atoms with van der Waals surface area (Å²) >= 11 is 0. The van der Waals surface area contributed by atoms with Gasteiger partial charge in [-0.1, -0.05) is 6.08 Å². The molecule has 7 heteroatoms. The fourth-order valence-electron chi connectivity index (χ4n) is 2.66. The number of methoxy groups -OCH3 is 1. The SMILES string of the molecule is C=CC1CC(CO)CC(C)(C)O1.COCCOCCOCCOCCN. The predicted molar refractivity (Wildman–Crippen MR) is 102 cm³/mol. The molecule has 1 rings (SSSR count). The molecule has 1 fully saturated rings. The minimum absolute atomic E-state index is 0.107. The molecule has 2 atom stereocenters. The van der Waals surface area contributed by atoms with E-state index in [0.717, 1.165) is 12.8 Å².